The van der Waals surface area contributed by atoms with Crippen molar-refractivity contribution in [3.8, 4) is 11.5 Å². The normalized spacial score (nSPS) is 11.9. The number of ether oxygens (including phenoxy) is 1. The largest absolute Gasteiger partial charge is 0.503 e. The summed E-state index contributed by atoms with van der Waals surface area (Å²) >= 11 is 0. The van der Waals surface area contributed by atoms with Crippen LogP contribution < -0.4 is 0 Å². The predicted octanol–water partition coefficient (Wildman–Crippen LogP) is 2.42. The lowest BCUT2D eigenvalue weighted by Crippen LogP contribution is -2.16. The molecule has 0 radical (unpaired) electrons. The topological polar surface area (TPSA) is 9.23 Å². The lowest BCUT2D eigenvalue weighted by Gasteiger charge is -2.02. The highest BCUT2D eigenvalue weighted by Gasteiger charge is 2.06. The second kappa shape index (κ2) is 4.25. The fraction of sp³-hybridized carbons (Fsp3) is 0.556. The van der Waals surface area contributed by atoms with E-state index in [-0.39, 0.29) is 0 Å². The Kier molecular flexibility index (Phi) is 3.98. The summed E-state index contributed by atoms with van der Waals surface area (Å²) in [7, 11) is 0.432. The van der Waals surface area contributed by atoms with Gasteiger partial charge in [0, 0.05) is 5.57 Å². The van der Waals surface area contributed by atoms with Gasteiger partial charge in [-0.15, -0.1) is 5.54 Å². The third-order valence-corrected chi connectivity index (χ3v) is 1.80. The first-order chi connectivity index (χ1) is 4.95. The van der Waals surface area contributed by atoms with Crippen LogP contribution in [0, 0.1) is 11.5 Å². The summed E-state index contributed by atoms with van der Waals surface area (Å²) in [5.74, 6) is 3.07. The molecule has 0 aliphatic carbocycles. The van der Waals surface area contributed by atoms with E-state index >= 15 is 0 Å². The van der Waals surface area contributed by atoms with Crippen molar-refractivity contribution >= 4 is 8.07 Å². The Morgan fingerprint density at radius 3 is 2.27 bits per heavy atom. The zero-order valence-corrected chi connectivity index (χ0v) is 8.99. The summed E-state index contributed by atoms with van der Waals surface area (Å²) in [4.78, 5) is 0. The number of methoxy groups -OCH3 is 1. The number of rotatable bonds is 1. The third kappa shape index (κ3) is 7.21. The minimum atomic E-state index is -1.21. The Balaban J connectivity index is 4.19. The minimum absolute atomic E-state index is 0.995. The number of hydrogen-bond donors (Lipinski definition) is 0. The van der Waals surface area contributed by atoms with Crippen molar-refractivity contribution in [2.75, 3.05) is 7.11 Å². The van der Waals surface area contributed by atoms with Crippen LogP contribution in [0.3, 0.4) is 0 Å². The van der Waals surface area contributed by atoms with E-state index in [1.807, 2.05) is 6.92 Å². The first-order valence-corrected chi connectivity index (χ1v) is 7.18. The van der Waals surface area contributed by atoms with Crippen molar-refractivity contribution in [1.29, 1.82) is 0 Å². The van der Waals surface area contributed by atoms with Gasteiger partial charge in [0.25, 0.3) is 0 Å². The summed E-state index contributed by atoms with van der Waals surface area (Å²) in [5.41, 5.74) is 4.24. The van der Waals surface area contributed by atoms with E-state index in [2.05, 4.69) is 31.1 Å². The van der Waals surface area contributed by atoms with Crippen LogP contribution in [0.25, 0.3) is 0 Å². The molecule has 0 aliphatic heterocycles. The van der Waals surface area contributed by atoms with Crippen molar-refractivity contribution in [2.45, 2.75) is 26.6 Å². The molecule has 1 nitrogen and oxygen atoms in total. The van der Waals surface area contributed by atoms with Crippen molar-refractivity contribution in [1.82, 2.24) is 0 Å². The molecule has 0 bridgehead atoms. The van der Waals surface area contributed by atoms with Crippen molar-refractivity contribution in [2.24, 2.45) is 0 Å². The molecule has 62 valence electrons. The average Bonchev–Trinajstić information content (AvgIpc) is 1.83. The maximum Gasteiger partial charge on any atom is 0.129 e. The highest BCUT2D eigenvalue weighted by atomic mass is 28.3. The smallest absolute Gasteiger partial charge is 0.129 e. The van der Waals surface area contributed by atoms with E-state index in [9.17, 15) is 0 Å². The molecule has 0 amide bonds. The molecule has 0 N–H and O–H groups in total. The molecule has 0 heterocycles. The van der Waals surface area contributed by atoms with Crippen molar-refractivity contribution in [3.05, 3.63) is 11.8 Å². The fourth-order valence-electron chi connectivity index (χ4n) is 0.492. The van der Waals surface area contributed by atoms with E-state index in [0.717, 1.165) is 5.57 Å². The molecule has 2 heteroatoms. The van der Waals surface area contributed by atoms with Crippen LogP contribution in [-0.4, -0.2) is 15.2 Å². The zero-order valence-electron chi connectivity index (χ0n) is 7.99. The van der Waals surface area contributed by atoms with Crippen molar-refractivity contribution < 1.29 is 4.74 Å². The van der Waals surface area contributed by atoms with Gasteiger partial charge in [-0.05, 0) is 6.92 Å². The monoisotopic (exact) mass is 168 g/mol. The van der Waals surface area contributed by atoms with E-state index in [1.54, 1.807) is 13.4 Å². The van der Waals surface area contributed by atoms with E-state index < -0.39 is 8.07 Å². The van der Waals surface area contributed by atoms with E-state index in [1.165, 1.54) is 0 Å². The van der Waals surface area contributed by atoms with Crippen LogP contribution in [0.15, 0.2) is 11.8 Å². The summed E-state index contributed by atoms with van der Waals surface area (Å²) in [5, 5.41) is 0. The van der Waals surface area contributed by atoms with Crippen LogP contribution in [0.2, 0.25) is 19.6 Å². The van der Waals surface area contributed by atoms with Gasteiger partial charge in [0.15, 0.2) is 0 Å². The fourth-order valence-corrected chi connectivity index (χ4v) is 1.06. The molecule has 0 unspecified atom stereocenters. The molecule has 0 atom stereocenters. The van der Waals surface area contributed by atoms with Gasteiger partial charge in [0.05, 0.1) is 13.4 Å². The first-order valence-electron chi connectivity index (χ1n) is 3.68. The van der Waals surface area contributed by atoms with E-state index in [4.69, 9.17) is 4.74 Å². The van der Waals surface area contributed by atoms with Crippen LogP contribution >= 0.6 is 0 Å². The van der Waals surface area contributed by atoms with Crippen LogP contribution in [0.5, 0.6) is 0 Å². The van der Waals surface area contributed by atoms with Gasteiger partial charge in [0.2, 0.25) is 0 Å². The number of allylic oxidation sites excluding steroid dienone is 1. The SMILES string of the molecule is COC=C(C)C#C[Si](C)(C)C. The second-order valence-corrected chi connectivity index (χ2v) is 8.29. The average molecular weight is 168 g/mol. The van der Waals surface area contributed by atoms with Crippen LogP contribution in [-0.2, 0) is 4.74 Å². The van der Waals surface area contributed by atoms with Crippen LogP contribution in [0.4, 0.5) is 0 Å². The Morgan fingerprint density at radius 1 is 1.36 bits per heavy atom. The Bertz CT molecular complexity index is 200. The quantitative estimate of drug-likeness (QED) is 0.332. The molecule has 0 saturated heterocycles. The van der Waals surface area contributed by atoms with Gasteiger partial charge in [-0.25, -0.2) is 0 Å². The van der Waals surface area contributed by atoms with Gasteiger partial charge in [-0.1, -0.05) is 25.6 Å². The molecule has 0 aliphatic rings. The van der Waals surface area contributed by atoms with Gasteiger partial charge in [-0.3, -0.25) is 0 Å². The van der Waals surface area contributed by atoms with Gasteiger partial charge >= 0.3 is 0 Å². The van der Waals surface area contributed by atoms with Gasteiger partial charge in [-0.2, -0.15) is 0 Å². The highest BCUT2D eigenvalue weighted by molar-refractivity contribution is 6.83. The Labute approximate surface area is 70.5 Å². The lowest BCUT2D eigenvalue weighted by molar-refractivity contribution is 0.335. The van der Waals surface area contributed by atoms with Gasteiger partial charge in [0.1, 0.15) is 8.07 Å². The molecular weight excluding hydrogens is 152 g/mol. The predicted molar refractivity (Wildman–Crippen MR) is 51.9 cm³/mol. The standard InChI is InChI=1S/C9H16OSi/c1-9(8-10-2)6-7-11(3,4)5/h8H,1-5H3. The molecule has 0 saturated carbocycles. The maximum absolute atomic E-state index is 4.82. The molecule has 0 aromatic carbocycles. The van der Waals surface area contributed by atoms with E-state index in [0.29, 0.717) is 0 Å². The molecule has 0 spiro atoms. The number of hydrogen-bond acceptors (Lipinski definition) is 1. The molecule has 11 heavy (non-hydrogen) atoms. The summed E-state index contributed by atoms with van der Waals surface area (Å²) in [6, 6.07) is 0. The molecule has 0 aromatic rings. The second-order valence-electron chi connectivity index (χ2n) is 3.54. The Morgan fingerprint density at radius 2 is 1.91 bits per heavy atom. The highest BCUT2D eigenvalue weighted by Crippen LogP contribution is 1.98. The van der Waals surface area contributed by atoms with Crippen LogP contribution in [0.1, 0.15) is 6.92 Å². The molecule has 0 rings (SSSR count). The van der Waals surface area contributed by atoms with Gasteiger partial charge < -0.3 is 4.74 Å². The molecular formula is C9H16OSi. The Hall–Kier alpha value is -0.683. The molecule has 0 fully saturated rings. The van der Waals surface area contributed by atoms with Crippen molar-refractivity contribution in [3.63, 3.8) is 0 Å². The zero-order chi connectivity index (χ0) is 8.91. The third-order valence-electron chi connectivity index (χ3n) is 0.929. The summed E-state index contributed by atoms with van der Waals surface area (Å²) < 4.78 is 4.82. The summed E-state index contributed by atoms with van der Waals surface area (Å²) in [6.07, 6.45) is 1.67. The first kappa shape index (κ1) is 10.3. The summed E-state index contributed by atoms with van der Waals surface area (Å²) in [6.45, 7) is 8.62. The lowest BCUT2D eigenvalue weighted by atomic mass is 10.4. The minimum Gasteiger partial charge on any atom is -0.503 e. The molecule has 0 aromatic heterocycles. The maximum atomic E-state index is 4.82.